The Labute approximate surface area is 314 Å². The van der Waals surface area contributed by atoms with Crippen LogP contribution in [0, 0.1) is 17.8 Å². The van der Waals surface area contributed by atoms with Crippen molar-refractivity contribution in [3.05, 3.63) is 24.3 Å². The molecule has 53 heavy (non-hydrogen) atoms. The zero-order chi connectivity index (χ0) is 36.8. The molecule has 296 valence electrons. The van der Waals surface area contributed by atoms with Gasteiger partial charge in [0.2, 0.25) is 0 Å². The molecule has 19 atom stereocenters. The Morgan fingerprint density at radius 1 is 0.774 bits per heavy atom. The minimum atomic E-state index is -0.875. The summed E-state index contributed by atoms with van der Waals surface area (Å²) in [5.41, 5.74) is 1.75. The molecule has 1 spiro atoms. The van der Waals surface area contributed by atoms with Gasteiger partial charge in [0.15, 0.2) is 5.79 Å². The zero-order valence-electron chi connectivity index (χ0n) is 31.9. The van der Waals surface area contributed by atoms with Gasteiger partial charge in [0.25, 0.3) is 0 Å². The van der Waals surface area contributed by atoms with Crippen molar-refractivity contribution in [2.45, 2.75) is 208 Å². The summed E-state index contributed by atoms with van der Waals surface area (Å²) < 4.78 is 54.6. The average Bonchev–Trinajstić information content (AvgIpc) is 3.69. The Balaban J connectivity index is 0.997. The van der Waals surface area contributed by atoms with E-state index in [0.717, 1.165) is 62.5 Å². The van der Waals surface area contributed by atoms with E-state index in [2.05, 4.69) is 33.9 Å². The molecule has 0 aromatic carbocycles. The molecule has 9 aliphatic heterocycles. The highest BCUT2D eigenvalue weighted by Gasteiger charge is 2.68. The average molecular weight is 743 g/mol. The van der Waals surface area contributed by atoms with Crippen molar-refractivity contribution in [3.63, 3.8) is 0 Å². The summed E-state index contributed by atoms with van der Waals surface area (Å²) in [7, 11) is 0. The van der Waals surface area contributed by atoms with E-state index in [4.69, 9.17) is 37.9 Å². The monoisotopic (exact) mass is 742 g/mol. The number of hydrogen-bond acceptors (Lipinski definition) is 11. The lowest BCUT2D eigenvalue weighted by Crippen LogP contribution is -2.68. The van der Waals surface area contributed by atoms with Crippen LogP contribution in [0.15, 0.2) is 24.3 Å². The molecule has 9 rings (SSSR count). The summed E-state index contributed by atoms with van der Waals surface area (Å²) in [5.74, 6) is -0.406. The van der Waals surface area contributed by atoms with Gasteiger partial charge in [0.1, 0.15) is 24.1 Å². The number of aliphatic hydroxyl groups excluding tert-OH is 2. The minimum Gasteiger partial charge on any atom is -0.394 e. The largest absolute Gasteiger partial charge is 0.394 e. The highest BCUT2D eigenvalue weighted by Crippen LogP contribution is 2.56. The number of hydrogen-bond donors (Lipinski definition) is 2. The van der Waals surface area contributed by atoms with Crippen LogP contribution in [0.25, 0.3) is 0 Å². The number of fused-ring (bicyclic) bond motifs is 6. The SMILES string of the molecule is C=C1C2C[C@@H]3OC(CC(O)CO)[C@H](C)[C@H]3CC(=O)CC3CC[C@@H]4O[C@H]5CC6O[C@]7(CC[C@H]8CC(=C)[C@H](CC[C@@H](C[C@H]1C)O2)O8)C[C@@]6(C)O[C@H]5[C@@H](O7)[C@H]4O3. The van der Waals surface area contributed by atoms with Crippen LogP contribution in [0.2, 0.25) is 0 Å². The Kier molecular flexibility index (Phi) is 10.1. The molecule has 9 aliphatic rings. The number of ether oxygens (including phenoxy) is 8. The second kappa shape index (κ2) is 14.3. The van der Waals surface area contributed by atoms with Crippen LogP contribution in [-0.4, -0.2) is 119 Å². The molecule has 9 heterocycles. The Morgan fingerprint density at radius 2 is 1.57 bits per heavy atom. The number of Topliss-reactive ketones (excluding diaryl/α,β-unsaturated/α-hetero) is 1. The van der Waals surface area contributed by atoms with Crippen LogP contribution in [0.4, 0.5) is 0 Å². The molecular formula is C42H62O11. The molecule has 0 amide bonds. The predicted octanol–water partition coefficient (Wildman–Crippen LogP) is 4.87. The molecule has 0 aromatic rings. The van der Waals surface area contributed by atoms with Gasteiger partial charge in [-0.05, 0) is 80.8 Å². The molecule has 9 fully saturated rings. The Morgan fingerprint density at radius 3 is 2.40 bits per heavy atom. The summed E-state index contributed by atoms with van der Waals surface area (Å²) in [6.07, 6.45) is 6.47. The topological polar surface area (TPSA) is 131 Å². The summed E-state index contributed by atoms with van der Waals surface area (Å²) in [4.78, 5) is 14.1. The normalized spacial score (nSPS) is 53.3. The number of ketones is 1. The van der Waals surface area contributed by atoms with Gasteiger partial charge in [0, 0.05) is 44.9 Å². The summed E-state index contributed by atoms with van der Waals surface area (Å²) in [5, 5.41) is 20.1. The molecule has 0 aromatic heterocycles. The van der Waals surface area contributed by atoms with Crippen LogP contribution in [0.5, 0.6) is 0 Å². The summed E-state index contributed by atoms with van der Waals surface area (Å²) >= 11 is 0. The molecule has 0 saturated carbocycles. The lowest BCUT2D eigenvalue weighted by atomic mass is 9.78. The van der Waals surface area contributed by atoms with Gasteiger partial charge in [-0.2, -0.15) is 0 Å². The van der Waals surface area contributed by atoms with E-state index < -0.39 is 17.5 Å². The first-order valence-corrected chi connectivity index (χ1v) is 20.9. The first-order chi connectivity index (χ1) is 25.4. The fourth-order valence-electron chi connectivity index (χ4n) is 11.8. The van der Waals surface area contributed by atoms with E-state index >= 15 is 0 Å². The first kappa shape index (κ1) is 37.3. The maximum atomic E-state index is 14.1. The number of carbonyl (C=O) groups is 1. The smallest absolute Gasteiger partial charge is 0.172 e. The quantitative estimate of drug-likeness (QED) is 0.384. The van der Waals surface area contributed by atoms with Gasteiger partial charge in [-0.1, -0.05) is 27.0 Å². The molecule has 11 nitrogen and oxygen atoms in total. The fraction of sp³-hybridized carbons (Fsp3) is 0.881. The lowest BCUT2D eigenvalue weighted by Gasteiger charge is -2.55. The first-order valence-electron chi connectivity index (χ1n) is 20.9. The molecular weight excluding hydrogens is 680 g/mol. The molecule has 11 heteroatoms. The van der Waals surface area contributed by atoms with Crippen LogP contribution < -0.4 is 0 Å². The van der Waals surface area contributed by atoms with Gasteiger partial charge in [-0.15, -0.1) is 0 Å². The maximum absolute atomic E-state index is 14.1. The number of rotatable bonds is 3. The van der Waals surface area contributed by atoms with Crippen molar-refractivity contribution in [1.82, 2.24) is 0 Å². The molecule has 0 aliphatic carbocycles. The highest BCUT2D eigenvalue weighted by molar-refractivity contribution is 5.79. The van der Waals surface area contributed by atoms with E-state index in [0.29, 0.717) is 44.4 Å². The van der Waals surface area contributed by atoms with Gasteiger partial charge < -0.3 is 48.1 Å². The summed E-state index contributed by atoms with van der Waals surface area (Å²) in [6.45, 7) is 15.1. The highest BCUT2D eigenvalue weighted by atomic mass is 16.8. The van der Waals surface area contributed by atoms with E-state index in [1.54, 1.807) is 0 Å². The lowest BCUT2D eigenvalue weighted by molar-refractivity contribution is -0.374. The van der Waals surface area contributed by atoms with Gasteiger partial charge in [0.05, 0.1) is 79.4 Å². The van der Waals surface area contributed by atoms with Crippen molar-refractivity contribution >= 4 is 5.78 Å². The number of aliphatic hydroxyl groups is 2. The second-order valence-electron chi connectivity index (χ2n) is 18.6. The molecule has 0 radical (unpaired) electrons. The van der Waals surface area contributed by atoms with E-state index in [-0.39, 0.29) is 104 Å². The predicted molar refractivity (Wildman–Crippen MR) is 192 cm³/mol. The van der Waals surface area contributed by atoms with Crippen molar-refractivity contribution in [2.24, 2.45) is 17.8 Å². The summed E-state index contributed by atoms with van der Waals surface area (Å²) in [6, 6.07) is 0. The maximum Gasteiger partial charge on any atom is 0.172 e. The van der Waals surface area contributed by atoms with E-state index in [1.807, 2.05) is 0 Å². The standard InChI is InChI=1S/C42H62O11/c1-21-12-27-6-8-31-22(2)13-29(46-31)10-11-42-20-41(5)37(51-42)18-36-39(52-41)40(53-42)38-32(49-36)9-7-28(48-38)14-25(44)15-30-24(4)33(16-26(45)19-43)50-35(30)17-34(47-27)23(21)3/h21,24,26-40,43,45H,2-3,6-20H2,1,4-5H3/t21-,24-,26?,27+,28?,29+,30-,31+,32+,33?,34?,35+,36+,37?,38+,39-,40+,41-,42+/m1/s1. The molecule has 9 saturated heterocycles. The van der Waals surface area contributed by atoms with Crippen LogP contribution in [0.1, 0.15) is 111 Å². The minimum absolute atomic E-state index is 0.0132. The van der Waals surface area contributed by atoms with Crippen molar-refractivity contribution < 1.29 is 52.9 Å². The van der Waals surface area contributed by atoms with E-state index in [9.17, 15) is 15.0 Å². The van der Waals surface area contributed by atoms with Crippen molar-refractivity contribution in [2.75, 3.05) is 6.61 Å². The van der Waals surface area contributed by atoms with Crippen LogP contribution >= 0.6 is 0 Å². The molecule has 5 unspecified atom stereocenters. The van der Waals surface area contributed by atoms with E-state index in [1.165, 1.54) is 0 Å². The van der Waals surface area contributed by atoms with Gasteiger partial charge in [-0.3, -0.25) is 4.79 Å². The molecule has 2 N–H and O–H groups in total. The Bertz CT molecular complexity index is 1420. The zero-order valence-corrected chi connectivity index (χ0v) is 31.9. The molecule has 10 bridgehead atoms. The van der Waals surface area contributed by atoms with Crippen molar-refractivity contribution in [3.8, 4) is 0 Å². The number of carbonyl (C=O) groups excluding carboxylic acids is 1. The second-order valence-corrected chi connectivity index (χ2v) is 18.6. The Hall–Kier alpha value is -1.25. The van der Waals surface area contributed by atoms with Crippen molar-refractivity contribution in [1.29, 1.82) is 0 Å². The van der Waals surface area contributed by atoms with Crippen LogP contribution in [-0.2, 0) is 42.7 Å². The van der Waals surface area contributed by atoms with Gasteiger partial charge in [-0.25, -0.2) is 0 Å². The fourth-order valence-corrected chi connectivity index (χ4v) is 11.8. The van der Waals surface area contributed by atoms with Crippen LogP contribution in [0.3, 0.4) is 0 Å². The third kappa shape index (κ3) is 6.95. The van der Waals surface area contributed by atoms with Gasteiger partial charge >= 0.3 is 0 Å². The third-order valence-electron chi connectivity index (χ3n) is 14.8. The third-order valence-corrected chi connectivity index (χ3v) is 14.8.